The van der Waals surface area contributed by atoms with Gasteiger partial charge >= 0.3 is 0 Å². The summed E-state index contributed by atoms with van der Waals surface area (Å²) in [6.07, 6.45) is 4.07. The normalized spacial score (nSPS) is 15.2. The highest BCUT2D eigenvalue weighted by atomic mass is 16.1. The topological polar surface area (TPSA) is 61.4 Å². The Morgan fingerprint density at radius 2 is 1.84 bits per heavy atom. The first-order chi connectivity index (χ1) is 12.2. The Kier molecular flexibility index (Phi) is 5.95. The van der Waals surface area contributed by atoms with Gasteiger partial charge in [0.15, 0.2) is 0 Å². The second-order valence-corrected chi connectivity index (χ2v) is 6.32. The molecule has 1 saturated heterocycles. The molecule has 2 heterocycles. The first-order valence-electron chi connectivity index (χ1n) is 8.81. The van der Waals surface area contributed by atoms with Crippen LogP contribution in [0, 0.1) is 6.92 Å². The van der Waals surface area contributed by atoms with Crippen LogP contribution in [0.2, 0.25) is 0 Å². The Morgan fingerprint density at radius 3 is 2.52 bits per heavy atom. The number of hydrogen-bond acceptors (Lipinski definition) is 5. The molecule has 0 radical (unpaired) electrons. The predicted octanol–water partition coefficient (Wildman–Crippen LogP) is 1.73. The van der Waals surface area contributed by atoms with Gasteiger partial charge < -0.3 is 10.2 Å². The highest BCUT2D eigenvalue weighted by Gasteiger charge is 2.16. The number of hydrogen-bond donors (Lipinski definition) is 1. The van der Waals surface area contributed by atoms with Crippen molar-refractivity contribution >= 4 is 11.6 Å². The van der Waals surface area contributed by atoms with Crippen LogP contribution in [0.5, 0.6) is 0 Å². The second-order valence-electron chi connectivity index (χ2n) is 6.32. The third kappa shape index (κ3) is 5.00. The molecule has 0 saturated carbocycles. The molecule has 0 spiro atoms. The summed E-state index contributed by atoms with van der Waals surface area (Å²) in [5.74, 6) is -0.151. The Hall–Kier alpha value is -2.47. The van der Waals surface area contributed by atoms with Gasteiger partial charge in [0.25, 0.3) is 5.91 Å². The summed E-state index contributed by atoms with van der Waals surface area (Å²) in [5.41, 5.74) is 2.49. The van der Waals surface area contributed by atoms with Gasteiger partial charge in [-0.2, -0.15) is 0 Å². The van der Waals surface area contributed by atoms with Crippen LogP contribution in [0.3, 0.4) is 0 Å². The molecule has 1 aliphatic heterocycles. The molecule has 0 atom stereocenters. The van der Waals surface area contributed by atoms with Crippen LogP contribution < -0.4 is 10.2 Å². The van der Waals surface area contributed by atoms with E-state index < -0.39 is 0 Å². The molecular weight excluding hydrogens is 314 g/mol. The molecule has 1 fully saturated rings. The zero-order valence-electron chi connectivity index (χ0n) is 14.7. The molecule has 6 nitrogen and oxygen atoms in total. The highest BCUT2D eigenvalue weighted by molar-refractivity contribution is 5.91. The maximum absolute atomic E-state index is 12.0. The van der Waals surface area contributed by atoms with Crippen LogP contribution in [-0.4, -0.2) is 60.0 Å². The number of amides is 1. The lowest BCUT2D eigenvalue weighted by Gasteiger charge is -2.36. The lowest BCUT2D eigenvalue weighted by atomic mass is 10.2. The summed E-state index contributed by atoms with van der Waals surface area (Å²) < 4.78 is 0. The van der Waals surface area contributed by atoms with E-state index in [1.807, 2.05) is 6.92 Å². The third-order valence-electron chi connectivity index (χ3n) is 4.44. The summed E-state index contributed by atoms with van der Waals surface area (Å²) in [6, 6.07) is 10.6. The Bertz CT molecular complexity index is 666. The molecule has 0 bridgehead atoms. The number of rotatable bonds is 6. The van der Waals surface area contributed by atoms with Crippen LogP contribution in [0.15, 0.2) is 42.7 Å². The smallest absolute Gasteiger partial charge is 0.271 e. The first-order valence-corrected chi connectivity index (χ1v) is 8.81. The van der Waals surface area contributed by atoms with Gasteiger partial charge in [-0.15, -0.1) is 0 Å². The average molecular weight is 339 g/mol. The molecule has 0 aliphatic carbocycles. The molecule has 6 heteroatoms. The summed E-state index contributed by atoms with van der Waals surface area (Å²) in [4.78, 5) is 25.0. The van der Waals surface area contributed by atoms with Gasteiger partial charge in [0, 0.05) is 44.6 Å². The van der Waals surface area contributed by atoms with E-state index in [0.717, 1.165) is 44.8 Å². The molecule has 1 N–H and O–H groups in total. The van der Waals surface area contributed by atoms with Crippen molar-refractivity contribution in [2.24, 2.45) is 0 Å². The number of carbonyl (C=O) groups is 1. The number of nitrogens with zero attached hydrogens (tertiary/aromatic N) is 4. The van der Waals surface area contributed by atoms with Gasteiger partial charge in [-0.1, -0.05) is 18.2 Å². The number of aryl methyl sites for hydroxylation is 1. The van der Waals surface area contributed by atoms with Crippen LogP contribution in [0.4, 0.5) is 5.69 Å². The maximum atomic E-state index is 12.0. The lowest BCUT2D eigenvalue weighted by molar-refractivity contribution is 0.0946. The minimum Gasteiger partial charge on any atom is -0.369 e. The summed E-state index contributed by atoms with van der Waals surface area (Å²) in [5, 5.41) is 2.91. The number of piperazine rings is 1. The largest absolute Gasteiger partial charge is 0.369 e. The van der Waals surface area contributed by atoms with Crippen molar-refractivity contribution in [3.63, 3.8) is 0 Å². The molecule has 1 amide bonds. The van der Waals surface area contributed by atoms with E-state index in [2.05, 4.69) is 55.4 Å². The van der Waals surface area contributed by atoms with Crippen LogP contribution in [0.25, 0.3) is 0 Å². The van der Waals surface area contributed by atoms with Crippen molar-refractivity contribution in [2.75, 3.05) is 44.2 Å². The Labute approximate surface area is 148 Å². The quantitative estimate of drug-likeness (QED) is 0.812. The van der Waals surface area contributed by atoms with Crippen molar-refractivity contribution in [1.29, 1.82) is 0 Å². The monoisotopic (exact) mass is 339 g/mol. The predicted molar refractivity (Wildman–Crippen MR) is 98.8 cm³/mol. The fourth-order valence-electron chi connectivity index (χ4n) is 2.97. The van der Waals surface area contributed by atoms with Gasteiger partial charge in [0.1, 0.15) is 5.69 Å². The average Bonchev–Trinajstić information content (AvgIpc) is 2.67. The van der Waals surface area contributed by atoms with E-state index in [4.69, 9.17) is 0 Å². The molecule has 25 heavy (non-hydrogen) atoms. The lowest BCUT2D eigenvalue weighted by Crippen LogP contribution is -2.47. The van der Waals surface area contributed by atoms with E-state index in [9.17, 15) is 4.79 Å². The van der Waals surface area contributed by atoms with Crippen LogP contribution in [0.1, 0.15) is 22.6 Å². The van der Waals surface area contributed by atoms with Gasteiger partial charge in [-0.3, -0.25) is 14.7 Å². The second kappa shape index (κ2) is 8.58. The number of aromatic nitrogens is 2. The fourth-order valence-corrected chi connectivity index (χ4v) is 2.97. The van der Waals surface area contributed by atoms with Crippen LogP contribution in [-0.2, 0) is 0 Å². The third-order valence-corrected chi connectivity index (χ3v) is 4.44. The molecule has 3 rings (SSSR count). The van der Waals surface area contributed by atoms with Crippen molar-refractivity contribution in [1.82, 2.24) is 20.2 Å². The molecule has 132 valence electrons. The van der Waals surface area contributed by atoms with Gasteiger partial charge in [-0.25, -0.2) is 4.98 Å². The Morgan fingerprint density at radius 1 is 1.08 bits per heavy atom. The van der Waals surface area contributed by atoms with Crippen molar-refractivity contribution in [2.45, 2.75) is 13.3 Å². The number of anilines is 1. The van der Waals surface area contributed by atoms with Gasteiger partial charge in [0.05, 0.1) is 11.9 Å². The number of nitrogens with one attached hydrogen (secondary N) is 1. The Balaban J connectivity index is 1.34. The standard InChI is InChI=1S/C19H25N5O/c1-16-14-22-18(15-21-16)19(25)20-8-5-9-23-10-12-24(13-11-23)17-6-3-2-4-7-17/h2-4,6-7,14-15H,5,8-13H2,1H3,(H,20,25). The van der Waals surface area contributed by atoms with Gasteiger partial charge in [-0.05, 0) is 32.0 Å². The molecule has 1 aromatic carbocycles. The maximum Gasteiger partial charge on any atom is 0.271 e. The fraction of sp³-hybridized carbons (Fsp3) is 0.421. The van der Waals surface area contributed by atoms with Gasteiger partial charge in [0.2, 0.25) is 0 Å². The number of carbonyl (C=O) groups excluding carboxylic acids is 1. The molecule has 1 aromatic heterocycles. The van der Waals surface area contributed by atoms with E-state index >= 15 is 0 Å². The minimum atomic E-state index is -0.151. The van der Waals surface area contributed by atoms with E-state index in [-0.39, 0.29) is 5.91 Å². The first kappa shape index (κ1) is 17.4. The summed E-state index contributed by atoms with van der Waals surface area (Å²) in [6.45, 7) is 7.74. The van der Waals surface area contributed by atoms with E-state index in [1.54, 1.807) is 6.20 Å². The van der Waals surface area contributed by atoms with Crippen molar-refractivity contribution in [3.05, 3.63) is 54.1 Å². The SMILES string of the molecule is Cc1cnc(C(=O)NCCCN2CCN(c3ccccc3)CC2)cn1. The zero-order chi connectivity index (χ0) is 17.5. The highest BCUT2D eigenvalue weighted by Crippen LogP contribution is 2.15. The van der Waals surface area contributed by atoms with E-state index in [0.29, 0.717) is 12.2 Å². The number of benzene rings is 1. The summed E-state index contributed by atoms with van der Waals surface area (Å²) >= 11 is 0. The molecule has 0 unspecified atom stereocenters. The summed E-state index contributed by atoms with van der Waals surface area (Å²) in [7, 11) is 0. The van der Waals surface area contributed by atoms with E-state index in [1.165, 1.54) is 11.9 Å². The molecule has 1 aliphatic rings. The minimum absolute atomic E-state index is 0.151. The van der Waals surface area contributed by atoms with Crippen LogP contribution >= 0.6 is 0 Å². The van der Waals surface area contributed by atoms with Crippen molar-refractivity contribution < 1.29 is 4.79 Å². The zero-order valence-corrected chi connectivity index (χ0v) is 14.7. The van der Waals surface area contributed by atoms with Crippen molar-refractivity contribution in [3.8, 4) is 0 Å². The number of para-hydroxylation sites is 1. The molecule has 2 aromatic rings. The molecular formula is C19H25N5O.